The van der Waals surface area contributed by atoms with Crippen LogP contribution in [0.3, 0.4) is 0 Å². The normalized spacial score (nSPS) is 20.8. The molecule has 0 aliphatic carbocycles. The van der Waals surface area contributed by atoms with Crippen molar-refractivity contribution in [3.63, 3.8) is 0 Å². The highest BCUT2D eigenvalue weighted by molar-refractivity contribution is 5.75. The molecule has 1 aliphatic rings. The smallest absolute Gasteiger partial charge is 0.145 e. The Labute approximate surface area is 139 Å². The van der Waals surface area contributed by atoms with Crippen LogP contribution in [0.5, 0.6) is 0 Å². The fourth-order valence-electron chi connectivity index (χ4n) is 3.07. The highest BCUT2D eigenvalue weighted by Crippen LogP contribution is 2.24. The van der Waals surface area contributed by atoms with Crippen molar-refractivity contribution in [1.29, 1.82) is 0 Å². The molecule has 3 heterocycles. The van der Waals surface area contributed by atoms with E-state index in [9.17, 15) is 4.39 Å². The maximum atomic E-state index is 14.3. The first-order valence-corrected chi connectivity index (χ1v) is 8.05. The van der Waals surface area contributed by atoms with Crippen LogP contribution in [0.4, 0.5) is 10.1 Å². The zero-order valence-corrected chi connectivity index (χ0v) is 13.4. The quantitative estimate of drug-likeness (QED) is 0.801. The second-order valence-corrected chi connectivity index (χ2v) is 6.19. The number of fused-ring (bicyclic) bond motifs is 1. The van der Waals surface area contributed by atoms with Gasteiger partial charge in [0.1, 0.15) is 24.7 Å². The highest BCUT2D eigenvalue weighted by atomic mass is 19.1. The number of aryl methyl sites for hydroxylation is 1. The van der Waals surface area contributed by atoms with Gasteiger partial charge in [0.25, 0.3) is 0 Å². The monoisotopic (exact) mass is 326 g/mol. The summed E-state index contributed by atoms with van der Waals surface area (Å²) in [6, 6.07) is 9.83. The van der Waals surface area contributed by atoms with E-state index in [1.54, 1.807) is 12.4 Å². The summed E-state index contributed by atoms with van der Waals surface area (Å²) < 4.78 is 20.0. The van der Waals surface area contributed by atoms with Crippen LogP contribution in [0.2, 0.25) is 0 Å². The predicted octanol–water partition coefficient (Wildman–Crippen LogP) is 3.01. The van der Waals surface area contributed by atoms with Crippen molar-refractivity contribution in [3.8, 4) is 0 Å². The minimum absolute atomic E-state index is 0.277. The SMILES string of the molecule is Cc1ccc2nc(CO[C@H]3CN(c4cccnc4)C[C@H]3F)[nH]c2c1. The molecule has 1 N–H and O–H groups in total. The Morgan fingerprint density at radius 2 is 2.25 bits per heavy atom. The van der Waals surface area contributed by atoms with Gasteiger partial charge in [-0.15, -0.1) is 0 Å². The number of alkyl halides is 1. The summed E-state index contributed by atoms with van der Waals surface area (Å²) in [5.74, 6) is 0.725. The van der Waals surface area contributed by atoms with Gasteiger partial charge >= 0.3 is 0 Å². The third-order valence-corrected chi connectivity index (χ3v) is 4.33. The lowest BCUT2D eigenvalue weighted by atomic mass is 10.2. The van der Waals surface area contributed by atoms with Crippen LogP contribution in [0.25, 0.3) is 11.0 Å². The molecule has 1 aromatic carbocycles. The van der Waals surface area contributed by atoms with Crippen molar-refractivity contribution in [2.45, 2.75) is 25.8 Å². The van der Waals surface area contributed by atoms with Gasteiger partial charge in [0.2, 0.25) is 0 Å². The molecule has 0 spiro atoms. The van der Waals surface area contributed by atoms with Crippen LogP contribution >= 0.6 is 0 Å². The molecule has 2 aromatic heterocycles. The number of imidazole rings is 1. The molecule has 2 atom stereocenters. The Balaban J connectivity index is 1.41. The molecule has 0 saturated carbocycles. The molecular weight excluding hydrogens is 307 g/mol. The van der Waals surface area contributed by atoms with Crippen LogP contribution in [-0.4, -0.2) is 40.3 Å². The number of benzene rings is 1. The van der Waals surface area contributed by atoms with Crippen LogP contribution in [0, 0.1) is 6.92 Å². The summed E-state index contributed by atoms with van der Waals surface area (Å²) in [6.45, 7) is 3.16. The fourth-order valence-corrected chi connectivity index (χ4v) is 3.07. The number of hydrogen-bond donors (Lipinski definition) is 1. The Kier molecular flexibility index (Phi) is 3.90. The van der Waals surface area contributed by atoms with E-state index in [0.717, 1.165) is 22.5 Å². The van der Waals surface area contributed by atoms with Crippen LogP contribution in [0.1, 0.15) is 11.4 Å². The van der Waals surface area contributed by atoms with Gasteiger partial charge in [0.15, 0.2) is 0 Å². The molecule has 6 heteroatoms. The highest BCUT2D eigenvalue weighted by Gasteiger charge is 2.34. The summed E-state index contributed by atoms with van der Waals surface area (Å²) in [7, 11) is 0. The maximum Gasteiger partial charge on any atom is 0.145 e. The zero-order valence-electron chi connectivity index (χ0n) is 13.4. The average Bonchev–Trinajstić information content (AvgIpc) is 3.16. The molecule has 0 amide bonds. The number of rotatable bonds is 4. The number of pyridine rings is 1. The van der Waals surface area contributed by atoms with Crippen molar-refractivity contribution in [2.75, 3.05) is 18.0 Å². The summed E-state index contributed by atoms with van der Waals surface area (Å²) in [5.41, 5.74) is 3.98. The lowest BCUT2D eigenvalue weighted by Crippen LogP contribution is -2.24. The first-order valence-electron chi connectivity index (χ1n) is 8.05. The van der Waals surface area contributed by atoms with Gasteiger partial charge in [0, 0.05) is 12.7 Å². The van der Waals surface area contributed by atoms with Crippen molar-refractivity contribution in [2.24, 2.45) is 0 Å². The van der Waals surface area contributed by atoms with Crippen LogP contribution in [-0.2, 0) is 11.3 Å². The first-order chi connectivity index (χ1) is 11.7. The van der Waals surface area contributed by atoms with Gasteiger partial charge in [-0.05, 0) is 36.8 Å². The molecule has 1 saturated heterocycles. The second-order valence-electron chi connectivity index (χ2n) is 6.19. The van der Waals surface area contributed by atoms with Gasteiger partial charge in [-0.3, -0.25) is 4.98 Å². The van der Waals surface area contributed by atoms with Gasteiger partial charge in [-0.25, -0.2) is 9.37 Å². The van der Waals surface area contributed by atoms with E-state index in [2.05, 4.69) is 15.0 Å². The van der Waals surface area contributed by atoms with Crippen molar-refractivity contribution < 1.29 is 9.13 Å². The molecule has 124 valence electrons. The topological polar surface area (TPSA) is 54.0 Å². The van der Waals surface area contributed by atoms with E-state index in [0.29, 0.717) is 13.1 Å². The summed E-state index contributed by atoms with van der Waals surface area (Å²) in [4.78, 5) is 13.8. The molecule has 1 aliphatic heterocycles. The second kappa shape index (κ2) is 6.20. The van der Waals surface area contributed by atoms with Gasteiger partial charge in [-0.1, -0.05) is 6.07 Å². The van der Waals surface area contributed by atoms with Crippen molar-refractivity contribution >= 4 is 16.7 Å². The molecule has 5 nitrogen and oxygen atoms in total. The third-order valence-electron chi connectivity index (χ3n) is 4.33. The standard InChI is InChI=1S/C18H19FN4O/c1-12-4-5-15-16(7-12)22-18(21-15)11-24-17-10-23(9-14(17)19)13-3-2-6-20-8-13/h2-8,14,17H,9-11H2,1H3,(H,21,22)/t14-,17+/m1/s1. The molecule has 1 fully saturated rings. The Morgan fingerprint density at radius 1 is 1.33 bits per heavy atom. The Hall–Kier alpha value is -2.47. The molecule has 0 unspecified atom stereocenters. The minimum atomic E-state index is -1.02. The number of ether oxygens (including phenoxy) is 1. The number of hydrogen-bond acceptors (Lipinski definition) is 4. The minimum Gasteiger partial charge on any atom is -0.365 e. The Morgan fingerprint density at radius 3 is 3.08 bits per heavy atom. The predicted molar refractivity (Wildman–Crippen MR) is 90.8 cm³/mol. The van der Waals surface area contributed by atoms with Gasteiger partial charge in [-0.2, -0.15) is 0 Å². The summed E-state index contributed by atoms with van der Waals surface area (Å²) in [5, 5.41) is 0. The van der Waals surface area contributed by atoms with E-state index >= 15 is 0 Å². The number of nitrogens with one attached hydrogen (secondary N) is 1. The lowest BCUT2D eigenvalue weighted by molar-refractivity contribution is 0.0115. The molecule has 4 rings (SSSR count). The largest absolute Gasteiger partial charge is 0.365 e. The number of aromatic nitrogens is 3. The van der Waals surface area contributed by atoms with E-state index in [1.165, 1.54) is 5.56 Å². The fraction of sp³-hybridized carbons (Fsp3) is 0.333. The van der Waals surface area contributed by atoms with E-state index in [-0.39, 0.29) is 6.61 Å². The first kappa shape index (κ1) is 15.1. The number of halogens is 1. The number of nitrogens with zero attached hydrogens (tertiary/aromatic N) is 3. The lowest BCUT2D eigenvalue weighted by Gasteiger charge is -2.17. The summed E-state index contributed by atoms with van der Waals surface area (Å²) >= 11 is 0. The average molecular weight is 326 g/mol. The molecule has 0 bridgehead atoms. The van der Waals surface area contributed by atoms with Gasteiger partial charge in [0.05, 0.1) is 29.5 Å². The molecule has 24 heavy (non-hydrogen) atoms. The van der Waals surface area contributed by atoms with E-state index < -0.39 is 12.3 Å². The van der Waals surface area contributed by atoms with Crippen molar-refractivity contribution in [1.82, 2.24) is 15.0 Å². The zero-order chi connectivity index (χ0) is 16.5. The summed E-state index contributed by atoms with van der Waals surface area (Å²) in [6.07, 6.45) is 1.98. The third kappa shape index (κ3) is 2.97. The Bertz CT molecular complexity index is 835. The van der Waals surface area contributed by atoms with Gasteiger partial charge < -0.3 is 14.6 Å². The molecule has 0 radical (unpaired) electrons. The number of anilines is 1. The number of aromatic amines is 1. The van der Waals surface area contributed by atoms with E-state index in [4.69, 9.17) is 4.74 Å². The number of H-pyrrole nitrogens is 1. The van der Waals surface area contributed by atoms with Crippen molar-refractivity contribution in [3.05, 3.63) is 54.1 Å². The maximum absolute atomic E-state index is 14.3. The molecule has 3 aromatic rings. The molecular formula is C18H19FN4O. The van der Waals surface area contributed by atoms with Crippen LogP contribution in [0.15, 0.2) is 42.7 Å². The van der Waals surface area contributed by atoms with Crippen LogP contribution < -0.4 is 4.90 Å². The van der Waals surface area contributed by atoms with E-state index in [1.807, 2.05) is 42.2 Å².